The molecule has 0 aromatic heterocycles. The van der Waals surface area contributed by atoms with E-state index in [-0.39, 0.29) is 4.31 Å². The highest BCUT2D eigenvalue weighted by molar-refractivity contribution is 7.89. The van der Waals surface area contributed by atoms with Crippen molar-refractivity contribution in [2.24, 2.45) is 0 Å². The molecule has 0 radical (unpaired) electrons. The fraction of sp³-hybridized carbons (Fsp3) is 0.300. The molecule has 0 aliphatic rings. The van der Waals surface area contributed by atoms with Gasteiger partial charge in [0.2, 0.25) is 10.0 Å². The van der Waals surface area contributed by atoms with E-state index in [4.69, 9.17) is 5.11 Å². The Hall–Kier alpha value is -1.68. The molecule has 0 amide bonds. The number of sulfonamides is 1. The molecule has 0 bridgehead atoms. The Morgan fingerprint density at radius 2 is 1.90 bits per heavy atom. The Kier molecular flexibility index (Phi) is 4.39. The van der Waals surface area contributed by atoms with Crippen molar-refractivity contribution in [3.8, 4) is 0 Å². The van der Waals surface area contributed by atoms with Crippen molar-refractivity contribution in [3.05, 3.63) is 29.6 Å². The number of rotatable bonds is 4. The lowest BCUT2D eigenvalue weighted by molar-refractivity contribution is -0.134. The molecule has 10 heteroatoms. The van der Waals surface area contributed by atoms with Gasteiger partial charge in [-0.2, -0.15) is 17.5 Å². The number of carboxylic acids is 1. The molecule has 1 aromatic rings. The van der Waals surface area contributed by atoms with Gasteiger partial charge in [0, 0.05) is 7.05 Å². The summed E-state index contributed by atoms with van der Waals surface area (Å²) in [7, 11) is -4.05. The van der Waals surface area contributed by atoms with Crippen molar-refractivity contribution in [2.75, 3.05) is 13.6 Å². The van der Waals surface area contributed by atoms with Crippen molar-refractivity contribution >= 4 is 16.0 Å². The van der Waals surface area contributed by atoms with Gasteiger partial charge in [0.15, 0.2) is 0 Å². The van der Waals surface area contributed by atoms with Crippen LogP contribution >= 0.6 is 0 Å². The van der Waals surface area contributed by atoms with E-state index in [1.807, 2.05) is 0 Å². The van der Waals surface area contributed by atoms with Crippen molar-refractivity contribution in [1.29, 1.82) is 0 Å². The highest BCUT2D eigenvalue weighted by atomic mass is 32.2. The fourth-order valence-electron chi connectivity index (χ4n) is 1.35. The Balaban J connectivity index is 3.20. The van der Waals surface area contributed by atoms with Crippen LogP contribution in [0.15, 0.2) is 23.1 Å². The van der Waals surface area contributed by atoms with Crippen LogP contribution in [0, 0.1) is 5.82 Å². The number of hydrogen-bond donors (Lipinski definition) is 1. The van der Waals surface area contributed by atoms with E-state index in [0.29, 0.717) is 19.2 Å². The zero-order valence-electron chi connectivity index (χ0n) is 9.98. The van der Waals surface area contributed by atoms with Gasteiger partial charge in [-0.1, -0.05) is 0 Å². The smallest absolute Gasteiger partial charge is 0.402 e. The van der Waals surface area contributed by atoms with E-state index < -0.39 is 45.0 Å². The maximum absolute atomic E-state index is 13.5. The number of alkyl halides is 3. The lowest BCUT2D eigenvalue weighted by atomic mass is 10.2. The number of aromatic carboxylic acids is 1. The second-order valence-electron chi connectivity index (χ2n) is 3.83. The van der Waals surface area contributed by atoms with Crippen molar-refractivity contribution < 1.29 is 35.9 Å². The average molecular weight is 315 g/mol. The molecule has 0 aliphatic carbocycles. The molecule has 0 unspecified atom stereocenters. The van der Waals surface area contributed by atoms with Crippen molar-refractivity contribution in [2.45, 2.75) is 11.1 Å². The van der Waals surface area contributed by atoms with Gasteiger partial charge in [-0.25, -0.2) is 17.6 Å². The van der Waals surface area contributed by atoms with Gasteiger partial charge in [0.25, 0.3) is 0 Å². The minimum atomic E-state index is -4.78. The van der Waals surface area contributed by atoms with Gasteiger partial charge >= 0.3 is 12.1 Å². The third-order valence-corrected chi connectivity index (χ3v) is 4.11. The van der Waals surface area contributed by atoms with Crippen LogP contribution in [0.4, 0.5) is 17.6 Å². The summed E-state index contributed by atoms with van der Waals surface area (Å²) in [5, 5.41) is 8.59. The fourth-order valence-corrected chi connectivity index (χ4v) is 2.55. The van der Waals surface area contributed by atoms with E-state index in [9.17, 15) is 30.8 Å². The Morgan fingerprint density at radius 3 is 2.30 bits per heavy atom. The standard InChI is InChI=1S/C10H9F4NO4S/c1-15(5-10(12,13)14)20(18,19)8-3-2-6(9(16)17)4-7(8)11/h2-4H,5H2,1H3,(H,16,17). The molecule has 0 saturated heterocycles. The summed E-state index contributed by atoms with van der Waals surface area (Å²) in [5.41, 5.74) is -0.514. The molecular weight excluding hydrogens is 306 g/mol. The predicted octanol–water partition coefficient (Wildman–Crippen LogP) is 1.71. The first-order chi connectivity index (χ1) is 8.95. The molecule has 0 aliphatic heterocycles. The van der Waals surface area contributed by atoms with E-state index in [2.05, 4.69) is 0 Å². The lowest BCUT2D eigenvalue weighted by Crippen LogP contribution is -2.36. The molecule has 1 rings (SSSR count). The van der Waals surface area contributed by atoms with Crippen LogP contribution in [-0.2, 0) is 10.0 Å². The second kappa shape index (κ2) is 5.37. The first-order valence-corrected chi connectivity index (χ1v) is 6.45. The van der Waals surface area contributed by atoms with E-state index >= 15 is 0 Å². The number of hydrogen-bond acceptors (Lipinski definition) is 3. The van der Waals surface area contributed by atoms with E-state index in [0.717, 1.165) is 6.07 Å². The molecule has 0 fully saturated rings. The SMILES string of the molecule is CN(CC(F)(F)F)S(=O)(=O)c1ccc(C(=O)O)cc1F. The van der Waals surface area contributed by atoms with E-state index in [1.54, 1.807) is 0 Å². The van der Waals surface area contributed by atoms with Gasteiger partial charge in [-0.05, 0) is 18.2 Å². The van der Waals surface area contributed by atoms with Gasteiger partial charge in [-0.3, -0.25) is 0 Å². The van der Waals surface area contributed by atoms with Gasteiger partial charge in [0.1, 0.15) is 17.3 Å². The third kappa shape index (κ3) is 3.67. The van der Waals surface area contributed by atoms with Crippen LogP contribution in [0.3, 0.4) is 0 Å². The number of nitrogens with zero attached hydrogens (tertiary/aromatic N) is 1. The predicted molar refractivity (Wildman–Crippen MR) is 59.2 cm³/mol. The molecule has 0 heterocycles. The molecule has 0 atom stereocenters. The first kappa shape index (κ1) is 16.4. The number of halogens is 4. The summed E-state index contributed by atoms with van der Waals surface area (Å²) in [6.07, 6.45) is -4.78. The van der Waals surface area contributed by atoms with Crippen LogP contribution in [0.5, 0.6) is 0 Å². The minimum absolute atomic E-state index is 0.0636. The topological polar surface area (TPSA) is 74.7 Å². The second-order valence-corrected chi connectivity index (χ2v) is 5.84. The zero-order chi connectivity index (χ0) is 15.7. The summed E-state index contributed by atoms with van der Waals surface area (Å²) in [5.74, 6) is -2.92. The van der Waals surface area contributed by atoms with Crippen LogP contribution < -0.4 is 0 Å². The lowest BCUT2D eigenvalue weighted by Gasteiger charge is -2.19. The van der Waals surface area contributed by atoms with Gasteiger partial charge in [-0.15, -0.1) is 0 Å². The molecule has 0 saturated carbocycles. The number of carbonyl (C=O) groups is 1. The summed E-state index contributed by atoms with van der Waals surface area (Å²) in [6.45, 7) is -1.78. The van der Waals surface area contributed by atoms with Crippen LogP contribution in [-0.4, -0.2) is 43.6 Å². The monoisotopic (exact) mass is 315 g/mol. The number of carboxylic acid groups (broad SMARTS) is 1. The molecule has 5 nitrogen and oxygen atoms in total. The molecule has 0 spiro atoms. The molecule has 20 heavy (non-hydrogen) atoms. The minimum Gasteiger partial charge on any atom is -0.478 e. The van der Waals surface area contributed by atoms with Crippen LogP contribution in [0.2, 0.25) is 0 Å². The quantitative estimate of drug-likeness (QED) is 0.858. The highest BCUT2D eigenvalue weighted by Crippen LogP contribution is 2.23. The summed E-state index contributed by atoms with van der Waals surface area (Å²) < 4.78 is 73.4. The Morgan fingerprint density at radius 1 is 1.35 bits per heavy atom. The molecule has 1 N–H and O–H groups in total. The maximum Gasteiger partial charge on any atom is 0.402 e. The normalized spacial score (nSPS) is 12.7. The van der Waals surface area contributed by atoms with E-state index in [1.165, 1.54) is 0 Å². The summed E-state index contributed by atoms with van der Waals surface area (Å²) in [4.78, 5) is 9.54. The Bertz CT molecular complexity index is 627. The Labute approximate surface area is 111 Å². The van der Waals surface area contributed by atoms with Crippen molar-refractivity contribution in [3.63, 3.8) is 0 Å². The number of benzene rings is 1. The van der Waals surface area contributed by atoms with Crippen LogP contribution in [0.1, 0.15) is 10.4 Å². The maximum atomic E-state index is 13.5. The summed E-state index contributed by atoms with van der Waals surface area (Å²) >= 11 is 0. The molecule has 1 aromatic carbocycles. The highest BCUT2D eigenvalue weighted by Gasteiger charge is 2.35. The first-order valence-electron chi connectivity index (χ1n) is 5.01. The van der Waals surface area contributed by atoms with Crippen LogP contribution in [0.25, 0.3) is 0 Å². The average Bonchev–Trinajstić information content (AvgIpc) is 2.25. The summed E-state index contributed by atoms with van der Waals surface area (Å²) in [6, 6.07) is 1.83. The molecular formula is C10H9F4NO4S. The largest absolute Gasteiger partial charge is 0.478 e. The van der Waals surface area contributed by atoms with Gasteiger partial charge in [0.05, 0.1) is 5.56 Å². The van der Waals surface area contributed by atoms with Gasteiger partial charge < -0.3 is 5.11 Å². The third-order valence-electron chi connectivity index (χ3n) is 2.27. The molecule has 112 valence electrons. The van der Waals surface area contributed by atoms with Crippen molar-refractivity contribution in [1.82, 2.24) is 4.31 Å². The zero-order valence-corrected chi connectivity index (χ0v) is 10.8.